The maximum absolute atomic E-state index is 11.5. The van der Waals surface area contributed by atoms with Crippen molar-refractivity contribution in [3.05, 3.63) is 35.4 Å². The van der Waals surface area contributed by atoms with Crippen molar-refractivity contribution < 1.29 is 4.79 Å². The average molecular weight is 249 g/mol. The van der Waals surface area contributed by atoms with Crippen molar-refractivity contribution in [3.63, 3.8) is 0 Å². The van der Waals surface area contributed by atoms with E-state index in [0.29, 0.717) is 6.54 Å². The van der Waals surface area contributed by atoms with Crippen LogP contribution >= 0.6 is 0 Å². The zero-order valence-electron chi connectivity index (χ0n) is 11.6. The van der Waals surface area contributed by atoms with Gasteiger partial charge in [0.25, 0.3) is 0 Å². The molecule has 1 amide bonds. The monoisotopic (exact) mass is 249 g/mol. The second-order valence-electron chi connectivity index (χ2n) is 4.81. The van der Waals surface area contributed by atoms with Crippen LogP contribution in [-0.2, 0) is 4.79 Å². The van der Waals surface area contributed by atoms with Crippen molar-refractivity contribution >= 4 is 5.91 Å². The summed E-state index contributed by atoms with van der Waals surface area (Å²) in [6.45, 7) is 4.37. The summed E-state index contributed by atoms with van der Waals surface area (Å²) in [6, 6.07) is 8.26. The lowest BCUT2D eigenvalue weighted by Crippen LogP contribution is -2.42. The number of benzene rings is 1. The molecule has 1 aromatic carbocycles. The van der Waals surface area contributed by atoms with Crippen LogP contribution in [-0.4, -0.2) is 37.5 Å². The largest absolute Gasteiger partial charge is 0.358 e. The maximum Gasteiger partial charge on any atom is 0.233 e. The summed E-state index contributed by atoms with van der Waals surface area (Å²) in [5.74, 6) is -0.00389. The minimum Gasteiger partial charge on any atom is -0.358 e. The number of carbonyl (C=O) groups is 1. The number of nitrogens with one attached hydrogen (secondary N) is 1. The highest BCUT2D eigenvalue weighted by Crippen LogP contribution is 2.22. The zero-order valence-corrected chi connectivity index (χ0v) is 11.6. The van der Waals surface area contributed by atoms with Crippen molar-refractivity contribution in [3.8, 4) is 0 Å². The van der Waals surface area contributed by atoms with Gasteiger partial charge in [0, 0.05) is 19.1 Å². The molecule has 0 fully saturated rings. The Kier molecular flexibility index (Phi) is 5.31. The van der Waals surface area contributed by atoms with Crippen LogP contribution in [0, 0.1) is 6.92 Å². The van der Waals surface area contributed by atoms with Crippen LogP contribution in [0.2, 0.25) is 0 Å². The van der Waals surface area contributed by atoms with Gasteiger partial charge in [-0.25, -0.2) is 0 Å². The van der Waals surface area contributed by atoms with Crippen molar-refractivity contribution in [1.29, 1.82) is 0 Å². The molecule has 0 heterocycles. The summed E-state index contributed by atoms with van der Waals surface area (Å²) in [4.78, 5) is 13.4. The highest BCUT2D eigenvalue weighted by molar-refractivity contribution is 5.77. The van der Waals surface area contributed by atoms with Gasteiger partial charge in [0.2, 0.25) is 5.91 Å². The molecule has 18 heavy (non-hydrogen) atoms. The topological polar surface area (TPSA) is 58.4 Å². The second-order valence-corrected chi connectivity index (χ2v) is 4.81. The van der Waals surface area contributed by atoms with Crippen molar-refractivity contribution in [1.82, 2.24) is 10.2 Å². The Labute approximate surface area is 109 Å². The van der Waals surface area contributed by atoms with E-state index in [2.05, 4.69) is 30.4 Å². The Morgan fingerprint density at radius 3 is 2.67 bits per heavy atom. The van der Waals surface area contributed by atoms with Gasteiger partial charge < -0.3 is 11.1 Å². The summed E-state index contributed by atoms with van der Waals surface area (Å²) in [6.07, 6.45) is 0. The Bertz CT molecular complexity index is 404. The fraction of sp³-hybridized carbons (Fsp3) is 0.500. The highest BCUT2D eigenvalue weighted by atomic mass is 16.1. The molecule has 1 rings (SSSR count). The first-order chi connectivity index (χ1) is 8.45. The lowest BCUT2D eigenvalue weighted by Gasteiger charge is -2.31. The van der Waals surface area contributed by atoms with Crippen LogP contribution in [0.3, 0.4) is 0 Å². The Morgan fingerprint density at radius 2 is 2.17 bits per heavy atom. The van der Waals surface area contributed by atoms with Crippen molar-refractivity contribution in [2.45, 2.75) is 25.9 Å². The van der Waals surface area contributed by atoms with Crippen LogP contribution in [0.25, 0.3) is 0 Å². The van der Waals surface area contributed by atoms with Gasteiger partial charge in [0.05, 0.1) is 6.54 Å². The van der Waals surface area contributed by atoms with Crippen LogP contribution in [0.1, 0.15) is 24.1 Å². The first kappa shape index (κ1) is 14.7. The standard InChI is InChI=1S/C14H23N3O/c1-10-6-5-7-12(8-10)14(11(2)15)17(4)9-13(18)16-3/h5-8,11,14H,9,15H2,1-4H3,(H,16,18). The molecule has 2 atom stereocenters. The summed E-state index contributed by atoms with van der Waals surface area (Å²) in [5.41, 5.74) is 8.41. The number of rotatable bonds is 5. The normalized spacial score (nSPS) is 14.3. The molecular weight excluding hydrogens is 226 g/mol. The summed E-state index contributed by atoms with van der Waals surface area (Å²) in [7, 11) is 3.56. The quantitative estimate of drug-likeness (QED) is 0.820. The number of nitrogens with zero attached hydrogens (tertiary/aromatic N) is 1. The molecule has 3 N–H and O–H groups in total. The predicted molar refractivity (Wildman–Crippen MR) is 74.3 cm³/mol. The molecule has 4 heteroatoms. The van der Waals surface area contributed by atoms with Crippen LogP contribution in [0.4, 0.5) is 0 Å². The van der Waals surface area contributed by atoms with Gasteiger partial charge in [-0.1, -0.05) is 29.8 Å². The first-order valence-electron chi connectivity index (χ1n) is 6.18. The number of hydrogen-bond donors (Lipinski definition) is 2. The predicted octanol–water partition coefficient (Wildman–Crippen LogP) is 1.06. The SMILES string of the molecule is CNC(=O)CN(C)C(c1cccc(C)c1)C(C)N. The van der Waals surface area contributed by atoms with E-state index in [0.717, 1.165) is 5.56 Å². The summed E-state index contributed by atoms with van der Waals surface area (Å²) in [5, 5.41) is 2.63. The van der Waals surface area contributed by atoms with Gasteiger partial charge >= 0.3 is 0 Å². The number of hydrogen-bond acceptors (Lipinski definition) is 3. The molecule has 0 aliphatic rings. The molecule has 0 aliphatic carbocycles. The molecule has 0 spiro atoms. The summed E-state index contributed by atoms with van der Waals surface area (Å²) < 4.78 is 0. The van der Waals surface area contributed by atoms with E-state index in [1.54, 1.807) is 7.05 Å². The number of aryl methyl sites for hydroxylation is 1. The molecule has 0 radical (unpaired) electrons. The third-order valence-electron chi connectivity index (χ3n) is 3.03. The molecule has 4 nitrogen and oxygen atoms in total. The van der Waals surface area contributed by atoms with E-state index < -0.39 is 0 Å². The van der Waals surface area contributed by atoms with Crippen LogP contribution in [0.5, 0.6) is 0 Å². The molecule has 100 valence electrons. The van der Waals surface area contributed by atoms with E-state index in [4.69, 9.17) is 5.73 Å². The van der Waals surface area contributed by atoms with Gasteiger partial charge in [0.1, 0.15) is 0 Å². The average Bonchev–Trinajstić information content (AvgIpc) is 2.28. The van der Waals surface area contributed by atoms with Crippen LogP contribution in [0.15, 0.2) is 24.3 Å². The number of nitrogens with two attached hydrogens (primary N) is 1. The smallest absolute Gasteiger partial charge is 0.233 e. The Balaban J connectivity index is 2.92. The third kappa shape index (κ3) is 3.82. The van der Waals surface area contributed by atoms with Crippen molar-refractivity contribution in [2.24, 2.45) is 5.73 Å². The molecule has 0 aromatic heterocycles. The van der Waals surface area contributed by atoms with E-state index >= 15 is 0 Å². The highest BCUT2D eigenvalue weighted by Gasteiger charge is 2.22. The van der Waals surface area contributed by atoms with E-state index in [1.165, 1.54) is 5.56 Å². The number of carbonyl (C=O) groups excluding carboxylic acids is 1. The molecule has 0 saturated heterocycles. The fourth-order valence-electron chi connectivity index (χ4n) is 2.22. The van der Waals surface area contributed by atoms with E-state index in [1.807, 2.05) is 24.9 Å². The fourth-order valence-corrected chi connectivity index (χ4v) is 2.22. The molecule has 0 aliphatic heterocycles. The lowest BCUT2D eigenvalue weighted by molar-refractivity contribution is -0.122. The zero-order chi connectivity index (χ0) is 13.7. The molecule has 1 aromatic rings. The van der Waals surface area contributed by atoms with Crippen LogP contribution < -0.4 is 11.1 Å². The minimum absolute atomic E-state index is 0.00389. The third-order valence-corrected chi connectivity index (χ3v) is 3.03. The Hall–Kier alpha value is -1.39. The van der Waals surface area contributed by atoms with Crippen molar-refractivity contribution in [2.75, 3.05) is 20.6 Å². The Morgan fingerprint density at radius 1 is 1.50 bits per heavy atom. The lowest BCUT2D eigenvalue weighted by atomic mass is 9.98. The maximum atomic E-state index is 11.5. The number of amides is 1. The number of likely N-dealkylation sites (N-methyl/N-ethyl adjacent to an activating group) is 2. The van der Waals surface area contributed by atoms with E-state index in [9.17, 15) is 4.79 Å². The summed E-state index contributed by atoms with van der Waals surface area (Å²) >= 11 is 0. The van der Waals surface area contributed by atoms with Gasteiger partial charge in [-0.15, -0.1) is 0 Å². The van der Waals surface area contributed by atoms with Gasteiger partial charge in [-0.3, -0.25) is 9.69 Å². The molecule has 2 unspecified atom stereocenters. The van der Waals surface area contributed by atoms with E-state index in [-0.39, 0.29) is 18.0 Å². The van der Waals surface area contributed by atoms with Gasteiger partial charge in [-0.2, -0.15) is 0 Å². The van der Waals surface area contributed by atoms with Gasteiger partial charge in [0.15, 0.2) is 0 Å². The molecule has 0 saturated carbocycles. The second kappa shape index (κ2) is 6.52. The molecule has 0 bridgehead atoms. The minimum atomic E-state index is -0.0403. The molecular formula is C14H23N3O. The first-order valence-corrected chi connectivity index (χ1v) is 6.18. The van der Waals surface area contributed by atoms with Gasteiger partial charge in [-0.05, 0) is 26.5 Å².